The first-order valence-electron chi connectivity index (χ1n) is 9.44. The van der Waals surface area contributed by atoms with Crippen molar-refractivity contribution in [1.29, 1.82) is 0 Å². The number of allylic oxidation sites excluding steroid dienone is 1. The fraction of sp³-hybridized carbons (Fsp3) is 0.364. The topological polar surface area (TPSA) is 42.0 Å². The van der Waals surface area contributed by atoms with Gasteiger partial charge >= 0.3 is 6.18 Å². The molecule has 0 saturated carbocycles. The van der Waals surface area contributed by atoms with Crippen LogP contribution in [0.2, 0.25) is 0 Å². The Morgan fingerprint density at radius 3 is 2.71 bits per heavy atom. The number of fused-ring (bicyclic) bond motifs is 3. The first kappa shape index (κ1) is 18.7. The summed E-state index contributed by atoms with van der Waals surface area (Å²) in [6.07, 6.45) is 1.18. The van der Waals surface area contributed by atoms with E-state index >= 15 is 0 Å². The normalized spacial score (nSPS) is 18.7. The molecule has 1 aromatic carbocycles. The molecule has 1 unspecified atom stereocenters. The number of rotatable bonds is 2. The molecular formula is C22H21F3N2O. The number of carbonyl (C=O) groups is 1. The van der Waals surface area contributed by atoms with Crippen molar-refractivity contribution in [1.82, 2.24) is 4.98 Å². The highest BCUT2D eigenvalue weighted by Gasteiger charge is 2.41. The molecule has 1 heterocycles. The van der Waals surface area contributed by atoms with E-state index in [9.17, 15) is 18.0 Å². The lowest BCUT2D eigenvalue weighted by molar-refractivity contribution is -0.177. The van der Waals surface area contributed by atoms with Crippen molar-refractivity contribution in [2.24, 2.45) is 5.92 Å². The molecule has 1 N–H and O–H groups in total. The average Bonchev–Trinajstić information content (AvgIpc) is 2.68. The zero-order chi connectivity index (χ0) is 19.9. The fourth-order valence-corrected chi connectivity index (χ4v) is 4.17. The number of halogens is 3. The monoisotopic (exact) mass is 386 g/mol. The maximum atomic E-state index is 13.1. The second-order valence-electron chi connectivity index (χ2n) is 7.52. The number of alkyl halides is 3. The lowest BCUT2D eigenvalue weighted by Gasteiger charge is -2.30. The van der Waals surface area contributed by atoms with E-state index in [1.165, 1.54) is 0 Å². The number of hydrogen-bond acceptors (Lipinski definition) is 2. The molecule has 0 bridgehead atoms. The molecular weight excluding hydrogens is 365 g/mol. The van der Waals surface area contributed by atoms with Crippen LogP contribution in [-0.2, 0) is 30.5 Å². The molecule has 146 valence electrons. The van der Waals surface area contributed by atoms with Gasteiger partial charge in [-0.2, -0.15) is 13.2 Å². The van der Waals surface area contributed by atoms with Crippen molar-refractivity contribution >= 4 is 11.6 Å². The minimum atomic E-state index is -4.14. The van der Waals surface area contributed by atoms with Gasteiger partial charge in [-0.3, -0.25) is 9.78 Å². The summed E-state index contributed by atoms with van der Waals surface area (Å²) in [6.45, 7) is 1.83. The number of anilines is 1. The molecule has 2 aromatic rings. The number of nitrogens with zero attached hydrogens (tertiary/aromatic N) is 1. The SMILES string of the molecule is Cc1ncccc1NC(=O)C1=CCc2c(ccc3c2CCC(C(F)(F)F)C3)C1. The molecule has 6 heteroatoms. The minimum absolute atomic E-state index is 0.0590. The van der Waals surface area contributed by atoms with Gasteiger partial charge in [0.25, 0.3) is 5.91 Å². The van der Waals surface area contributed by atoms with Crippen molar-refractivity contribution in [3.63, 3.8) is 0 Å². The largest absolute Gasteiger partial charge is 0.392 e. The molecule has 1 atom stereocenters. The molecule has 28 heavy (non-hydrogen) atoms. The van der Waals surface area contributed by atoms with E-state index in [2.05, 4.69) is 10.3 Å². The Balaban J connectivity index is 1.52. The van der Waals surface area contributed by atoms with E-state index in [1.807, 2.05) is 31.2 Å². The second-order valence-corrected chi connectivity index (χ2v) is 7.52. The van der Waals surface area contributed by atoms with Crippen molar-refractivity contribution < 1.29 is 18.0 Å². The van der Waals surface area contributed by atoms with E-state index in [4.69, 9.17) is 0 Å². The third-order valence-electron chi connectivity index (χ3n) is 5.78. The van der Waals surface area contributed by atoms with Gasteiger partial charge in [-0.25, -0.2) is 0 Å². The van der Waals surface area contributed by atoms with Crippen LogP contribution >= 0.6 is 0 Å². The molecule has 3 nitrogen and oxygen atoms in total. The Hall–Kier alpha value is -2.63. The maximum absolute atomic E-state index is 13.1. The third-order valence-corrected chi connectivity index (χ3v) is 5.78. The smallest absolute Gasteiger partial charge is 0.321 e. The number of aryl methyl sites for hydroxylation is 1. The van der Waals surface area contributed by atoms with Crippen LogP contribution in [0.3, 0.4) is 0 Å². The van der Waals surface area contributed by atoms with Crippen LogP contribution in [-0.4, -0.2) is 17.1 Å². The van der Waals surface area contributed by atoms with Gasteiger partial charge in [-0.15, -0.1) is 0 Å². The van der Waals surface area contributed by atoms with Gasteiger partial charge in [-0.1, -0.05) is 18.2 Å². The molecule has 0 spiro atoms. The summed E-state index contributed by atoms with van der Waals surface area (Å²) in [4.78, 5) is 16.8. The number of carbonyl (C=O) groups excluding carboxylic acids is 1. The van der Waals surface area contributed by atoms with Crippen LogP contribution in [0.4, 0.5) is 18.9 Å². The van der Waals surface area contributed by atoms with Crippen molar-refractivity contribution in [3.05, 3.63) is 70.1 Å². The Bertz CT molecular complexity index is 963. The van der Waals surface area contributed by atoms with Gasteiger partial charge in [0, 0.05) is 18.2 Å². The van der Waals surface area contributed by atoms with E-state index in [-0.39, 0.29) is 18.7 Å². The average molecular weight is 386 g/mol. The number of aromatic nitrogens is 1. The standard InChI is InChI=1S/C22H21F3N2O/c1-13-20(3-2-10-26-13)27-21(28)16-6-8-18-14(11-16)4-5-15-12-17(22(23,24)25)7-9-19(15)18/h2-6,10,17H,7-9,11-12H2,1H3,(H,27,28). The van der Waals surface area contributed by atoms with E-state index in [0.717, 1.165) is 27.9 Å². The third kappa shape index (κ3) is 3.55. The van der Waals surface area contributed by atoms with Crippen molar-refractivity contribution in [2.45, 2.75) is 45.2 Å². The molecule has 0 fully saturated rings. The van der Waals surface area contributed by atoms with Crippen molar-refractivity contribution in [3.8, 4) is 0 Å². The molecule has 1 aromatic heterocycles. The molecule has 1 amide bonds. The summed E-state index contributed by atoms with van der Waals surface area (Å²) in [5, 5.41) is 2.90. The van der Waals surface area contributed by atoms with Crippen LogP contribution < -0.4 is 5.32 Å². The number of amides is 1. The molecule has 0 saturated heterocycles. The summed E-state index contributed by atoms with van der Waals surface area (Å²) in [6, 6.07) is 7.29. The van der Waals surface area contributed by atoms with Crippen molar-refractivity contribution in [2.75, 3.05) is 5.32 Å². The van der Waals surface area contributed by atoms with Gasteiger partial charge in [0.1, 0.15) is 0 Å². The highest BCUT2D eigenvalue weighted by atomic mass is 19.4. The van der Waals surface area contributed by atoms with Crippen LogP contribution in [0.15, 0.2) is 42.1 Å². The molecule has 4 rings (SSSR count). The Labute approximate surface area is 161 Å². The fourth-order valence-electron chi connectivity index (χ4n) is 4.17. The van der Waals surface area contributed by atoms with E-state index in [0.29, 0.717) is 30.5 Å². The van der Waals surface area contributed by atoms with Crippen LogP contribution in [0.5, 0.6) is 0 Å². The predicted molar refractivity (Wildman–Crippen MR) is 101 cm³/mol. The lowest BCUT2D eigenvalue weighted by atomic mass is 9.77. The predicted octanol–water partition coefficient (Wildman–Crippen LogP) is 4.72. The van der Waals surface area contributed by atoms with E-state index in [1.54, 1.807) is 12.3 Å². The summed E-state index contributed by atoms with van der Waals surface area (Å²) in [7, 11) is 0. The highest BCUT2D eigenvalue weighted by Crippen LogP contribution is 2.39. The summed E-state index contributed by atoms with van der Waals surface area (Å²) >= 11 is 0. The second kappa shape index (κ2) is 7.08. The van der Waals surface area contributed by atoms with Gasteiger partial charge in [0.05, 0.1) is 17.3 Å². The van der Waals surface area contributed by atoms with Gasteiger partial charge in [0.15, 0.2) is 0 Å². The number of pyridine rings is 1. The highest BCUT2D eigenvalue weighted by molar-refractivity contribution is 6.04. The summed E-state index contributed by atoms with van der Waals surface area (Å²) in [5.74, 6) is -1.40. The molecule has 0 aliphatic heterocycles. The van der Waals surface area contributed by atoms with Gasteiger partial charge in [0.2, 0.25) is 0 Å². The zero-order valence-corrected chi connectivity index (χ0v) is 15.6. The zero-order valence-electron chi connectivity index (χ0n) is 15.6. The Kier molecular flexibility index (Phi) is 4.73. The first-order valence-corrected chi connectivity index (χ1v) is 9.44. The summed E-state index contributed by atoms with van der Waals surface area (Å²) in [5.41, 5.74) is 6.12. The number of nitrogens with one attached hydrogen (secondary N) is 1. The molecule has 2 aliphatic rings. The van der Waals surface area contributed by atoms with Crippen LogP contribution in [0, 0.1) is 12.8 Å². The Morgan fingerprint density at radius 2 is 1.96 bits per heavy atom. The number of benzene rings is 1. The van der Waals surface area contributed by atoms with Gasteiger partial charge < -0.3 is 5.32 Å². The Morgan fingerprint density at radius 1 is 1.18 bits per heavy atom. The lowest BCUT2D eigenvalue weighted by Crippen LogP contribution is -2.30. The number of hydrogen-bond donors (Lipinski definition) is 1. The van der Waals surface area contributed by atoms with Crippen LogP contribution in [0.25, 0.3) is 0 Å². The van der Waals surface area contributed by atoms with Gasteiger partial charge in [-0.05, 0) is 67.0 Å². The molecule has 2 aliphatic carbocycles. The molecule has 0 radical (unpaired) electrons. The maximum Gasteiger partial charge on any atom is 0.392 e. The van der Waals surface area contributed by atoms with E-state index < -0.39 is 12.1 Å². The minimum Gasteiger partial charge on any atom is -0.321 e. The quantitative estimate of drug-likeness (QED) is 0.811. The van der Waals surface area contributed by atoms with Crippen LogP contribution in [0.1, 0.15) is 34.4 Å². The summed E-state index contributed by atoms with van der Waals surface area (Å²) < 4.78 is 39.2. The first-order chi connectivity index (χ1) is 13.3.